The van der Waals surface area contributed by atoms with Crippen molar-refractivity contribution in [1.29, 1.82) is 0 Å². The van der Waals surface area contributed by atoms with Crippen molar-refractivity contribution in [2.24, 2.45) is 0 Å². The minimum absolute atomic E-state index is 0.124. The molecule has 1 atom stereocenters. The first kappa shape index (κ1) is 18.5. The lowest BCUT2D eigenvalue weighted by molar-refractivity contribution is 0.0332. The van der Waals surface area contributed by atoms with Crippen LogP contribution in [0.1, 0.15) is 46.5 Å². The normalized spacial score (nSPS) is 11.7. The first-order valence-corrected chi connectivity index (χ1v) is 8.20. The summed E-state index contributed by atoms with van der Waals surface area (Å²) in [6, 6.07) is 11.3. The van der Waals surface area contributed by atoms with Gasteiger partial charge in [0.1, 0.15) is 5.75 Å². The highest BCUT2D eigenvalue weighted by Gasteiger charge is 2.22. The topological polar surface area (TPSA) is 66.8 Å². The van der Waals surface area contributed by atoms with Gasteiger partial charge in [-0.2, -0.15) is 0 Å². The summed E-state index contributed by atoms with van der Waals surface area (Å²) in [7, 11) is 3.69. The Kier molecular flexibility index (Phi) is 5.80. The molecule has 0 aromatic heterocycles. The van der Waals surface area contributed by atoms with Crippen molar-refractivity contribution in [3.05, 3.63) is 59.2 Å². The molecule has 2 aromatic carbocycles. The van der Waals surface area contributed by atoms with Gasteiger partial charge in [-0.05, 0) is 31.5 Å². The van der Waals surface area contributed by atoms with E-state index in [1.54, 1.807) is 43.3 Å². The molecule has 0 saturated carbocycles. The molecule has 0 bridgehead atoms. The molecular formula is C20H23NO4. The second-order valence-corrected chi connectivity index (χ2v) is 6.09. The lowest BCUT2D eigenvalue weighted by atomic mass is 9.97. The second kappa shape index (κ2) is 7.83. The van der Waals surface area contributed by atoms with Crippen LogP contribution in [-0.2, 0) is 4.74 Å². The standard InChI is InChI=1S/C20H23NO4/c1-5-13(2)25-20(24)16-9-7-6-8-15(16)19(23)17-11-10-14(21(3)4)12-18(17)22/h6-13,22H,5H2,1-4H3. The highest BCUT2D eigenvalue weighted by atomic mass is 16.5. The third-order valence-electron chi connectivity index (χ3n) is 4.02. The van der Waals surface area contributed by atoms with Crippen LogP contribution < -0.4 is 4.90 Å². The van der Waals surface area contributed by atoms with Gasteiger partial charge in [0.25, 0.3) is 0 Å². The van der Waals surface area contributed by atoms with E-state index in [-0.39, 0.29) is 28.5 Å². The molecular weight excluding hydrogens is 318 g/mol. The van der Waals surface area contributed by atoms with Crippen molar-refractivity contribution >= 4 is 17.4 Å². The van der Waals surface area contributed by atoms with Gasteiger partial charge in [0, 0.05) is 31.4 Å². The monoisotopic (exact) mass is 341 g/mol. The first-order chi connectivity index (χ1) is 11.8. The molecule has 0 radical (unpaired) electrons. The Labute approximate surface area is 147 Å². The summed E-state index contributed by atoms with van der Waals surface area (Å²) in [5, 5.41) is 10.2. The SMILES string of the molecule is CCC(C)OC(=O)c1ccccc1C(=O)c1ccc(N(C)C)cc1O. The number of phenols is 1. The van der Waals surface area contributed by atoms with E-state index >= 15 is 0 Å². The highest BCUT2D eigenvalue weighted by molar-refractivity contribution is 6.15. The Balaban J connectivity index is 2.39. The summed E-state index contributed by atoms with van der Waals surface area (Å²) in [5.41, 5.74) is 1.33. The molecule has 0 fully saturated rings. The van der Waals surface area contributed by atoms with Gasteiger partial charge in [-0.25, -0.2) is 4.79 Å². The molecule has 0 aliphatic heterocycles. The predicted octanol–water partition coefficient (Wildman–Crippen LogP) is 3.64. The first-order valence-electron chi connectivity index (χ1n) is 8.20. The summed E-state index contributed by atoms with van der Waals surface area (Å²) in [6.07, 6.45) is 0.456. The number of hydrogen-bond donors (Lipinski definition) is 1. The van der Waals surface area contributed by atoms with Gasteiger partial charge in [0.2, 0.25) is 0 Å². The number of hydrogen-bond acceptors (Lipinski definition) is 5. The van der Waals surface area contributed by atoms with Crippen molar-refractivity contribution in [1.82, 2.24) is 0 Å². The minimum atomic E-state index is -0.539. The number of benzene rings is 2. The summed E-state index contributed by atoms with van der Waals surface area (Å²) in [4.78, 5) is 27.0. The summed E-state index contributed by atoms with van der Waals surface area (Å²) < 4.78 is 5.33. The van der Waals surface area contributed by atoms with Crippen LogP contribution in [0.25, 0.3) is 0 Å². The summed E-state index contributed by atoms with van der Waals surface area (Å²) in [5.74, 6) is -1.08. The summed E-state index contributed by atoms with van der Waals surface area (Å²) >= 11 is 0. The van der Waals surface area contributed by atoms with E-state index in [9.17, 15) is 14.7 Å². The van der Waals surface area contributed by atoms with Gasteiger partial charge in [-0.15, -0.1) is 0 Å². The molecule has 5 heteroatoms. The minimum Gasteiger partial charge on any atom is -0.507 e. The lowest BCUT2D eigenvalue weighted by Gasteiger charge is -2.15. The van der Waals surface area contributed by atoms with Gasteiger partial charge in [-0.1, -0.05) is 25.1 Å². The molecule has 1 unspecified atom stereocenters. The van der Waals surface area contributed by atoms with Crippen molar-refractivity contribution in [2.45, 2.75) is 26.4 Å². The third kappa shape index (κ3) is 4.18. The zero-order valence-electron chi connectivity index (χ0n) is 14.9. The Bertz CT molecular complexity index is 783. The van der Waals surface area contributed by atoms with Crippen molar-refractivity contribution in [2.75, 3.05) is 19.0 Å². The zero-order chi connectivity index (χ0) is 18.6. The molecule has 0 saturated heterocycles. The number of carbonyl (C=O) groups excluding carboxylic acids is 2. The molecule has 132 valence electrons. The molecule has 0 aliphatic carbocycles. The van der Waals surface area contributed by atoms with Crippen molar-refractivity contribution < 1.29 is 19.4 Å². The molecule has 25 heavy (non-hydrogen) atoms. The van der Waals surface area contributed by atoms with E-state index in [4.69, 9.17) is 4.74 Å². The second-order valence-electron chi connectivity index (χ2n) is 6.09. The van der Waals surface area contributed by atoms with Crippen LogP contribution in [0.3, 0.4) is 0 Å². The van der Waals surface area contributed by atoms with Gasteiger partial charge in [0.15, 0.2) is 5.78 Å². The number of phenolic OH excluding ortho intramolecular Hbond substituents is 1. The molecule has 5 nitrogen and oxygen atoms in total. The quantitative estimate of drug-likeness (QED) is 0.642. The maximum Gasteiger partial charge on any atom is 0.339 e. The fourth-order valence-corrected chi connectivity index (χ4v) is 2.32. The van der Waals surface area contributed by atoms with Crippen molar-refractivity contribution in [3.63, 3.8) is 0 Å². The molecule has 0 amide bonds. The van der Waals surface area contributed by atoms with Crippen LogP contribution in [-0.4, -0.2) is 37.1 Å². The molecule has 1 N–H and O–H groups in total. The van der Waals surface area contributed by atoms with Crippen LogP contribution in [0.15, 0.2) is 42.5 Å². The van der Waals surface area contributed by atoms with E-state index < -0.39 is 11.8 Å². The van der Waals surface area contributed by atoms with Gasteiger partial charge in [-0.3, -0.25) is 4.79 Å². The number of carbonyl (C=O) groups is 2. The van der Waals surface area contributed by atoms with E-state index in [0.717, 1.165) is 5.69 Å². The van der Waals surface area contributed by atoms with Crippen LogP contribution in [0.4, 0.5) is 5.69 Å². The Morgan fingerprint density at radius 1 is 1.08 bits per heavy atom. The van der Waals surface area contributed by atoms with Gasteiger partial charge in [0.05, 0.1) is 17.2 Å². The molecule has 0 spiro atoms. The number of ketones is 1. The Hall–Kier alpha value is -2.82. The maximum atomic E-state index is 12.8. The van der Waals surface area contributed by atoms with E-state index in [0.29, 0.717) is 6.42 Å². The van der Waals surface area contributed by atoms with E-state index in [2.05, 4.69) is 0 Å². The van der Waals surface area contributed by atoms with E-state index in [1.165, 1.54) is 6.07 Å². The number of nitrogens with zero attached hydrogens (tertiary/aromatic N) is 1. The highest BCUT2D eigenvalue weighted by Crippen LogP contribution is 2.27. The molecule has 2 rings (SSSR count). The zero-order valence-corrected chi connectivity index (χ0v) is 14.9. The van der Waals surface area contributed by atoms with Crippen LogP contribution >= 0.6 is 0 Å². The average Bonchev–Trinajstić information content (AvgIpc) is 2.60. The number of esters is 1. The maximum absolute atomic E-state index is 12.8. The van der Waals surface area contributed by atoms with Gasteiger partial charge < -0.3 is 14.7 Å². The third-order valence-corrected chi connectivity index (χ3v) is 4.02. The molecule has 2 aromatic rings. The number of ether oxygens (including phenoxy) is 1. The largest absolute Gasteiger partial charge is 0.507 e. The van der Waals surface area contributed by atoms with Gasteiger partial charge >= 0.3 is 5.97 Å². The Morgan fingerprint density at radius 2 is 1.72 bits per heavy atom. The predicted molar refractivity (Wildman–Crippen MR) is 97.5 cm³/mol. The van der Waals surface area contributed by atoms with Crippen LogP contribution in [0.2, 0.25) is 0 Å². The smallest absolute Gasteiger partial charge is 0.339 e. The number of anilines is 1. The molecule has 0 aliphatic rings. The number of rotatable bonds is 6. The average molecular weight is 341 g/mol. The Morgan fingerprint density at radius 3 is 2.28 bits per heavy atom. The number of aromatic hydroxyl groups is 1. The van der Waals surface area contributed by atoms with E-state index in [1.807, 2.05) is 25.9 Å². The fraction of sp³-hybridized carbons (Fsp3) is 0.300. The lowest BCUT2D eigenvalue weighted by Crippen LogP contribution is -2.17. The summed E-state index contributed by atoms with van der Waals surface area (Å²) in [6.45, 7) is 3.72. The van der Waals surface area contributed by atoms with Crippen molar-refractivity contribution in [3.8, 4) is 5.75 Å². The fourth-order valence-electron chi connectivity index (χ4n) is 2.32. The van der Waals surface area contributed by atoms with Crippen LogP contribution in [0, 0.1) is 0 Å². The molecule has 0 heterocycles. The van der Waals surface area contributed by atoms with Crippen LogP contribution in [0.5, 0.6) is 5.75 Å².